The van der Waals surface area contributed by atoms with E-state index in [2.05, 4.69) is 29.6 Å². The standard InChI is InChI=1S/C14H18N4OS/c1-8(2)12-7-20-14(16-12)17-13(19)10-5-4-9(3)6-11(10)18-15/h4-8,18H,15H2,1-3H3,(H,16,17,19). The number of carbonyl (C=O) groups excluding carboxylic acids is 1. The third kappa shape index (κ3) is 3.15. The maximum atomic E-state index is 12.2. The summed E-state index contributed by atoms with van der Waals surface area (Å²) in [7, 11) is 0. The summed E-state index contributed by atoms with van der Waals surface area (Å²) in [6, 6.07) is 5.45. The Labute approximate surface area is 122 Å². The number of thiazole rings is 1. The van der Waals surface area contributed by atoms with Crippen LogP contribution in [0.5, 0.6) is 0 Å². The molecule has 106 valence electrons. The van der Waals surface area contributed by atoms with Gasteiger partial charge in [0.2, 0.25) is 0 Å². The first-order valence-corrected chi connectivity index (χ1v) is 7.23. The number of amides is 1. The number of nitrogen functional groups attached to an aromatic ring is 1. The van der Waals surface area contributed by atoms with Crippen LogP contribution < -0.4 is 16.6 Å². The number of aromatic nitrogens is 1. The van der Waals surface area contributed by atoms with Gasteiger partial charge < -0.3 is 5.43 Å². The molecule has 2 aromatic rings. The molecular weight excluding hydrogens is 272 g/mol. The highest BCUT2D eigenvalue weighted by atomic mass is 32.1. The summed E-state index contributed by atoms with van der Waals surface area (Å²) in [5.74, 6) is 5.58. The second-order valence-corrected chi connectivity index (χ2v) is 5.74. The molecule has 4 N–H and O–H groups in total. The number of hydrogen-bond donors (Lipinski definition) is 3. The summed E-state index contributed by atoms with van der Waals surface area (Å²) in [6.07, 6.45) is 0. The molecule has 1 aromatic heterocycles. The van der Waals surface area contributed by atoms with Gasteiger partial charge in [-0.3, -0.25) is 16.0 Å². The van der Waals surface area contributed by atoms with Crippen LogP contribution in [-0.4, -0.2) is 10.9 Å². The van der Waals surface area contributed by atoms with E-state index in [4.69, 9.17) is 5.84 Å². The monoisotopic (exact) mass is 290 g/mol. The van der Waals surface area contributed by atoms with E-state index in [9.17, 15) is 4.79 Å². The predicted octanol–water partition coefficient (Wildman–Crippen LogP) is 3.11. The summed E-state index contributed by atoms with van der Waals surface area (Å²) >= 11 is 1.42. The second kappa shape index (κ2) is 6.02. The van der Waals surface area contributed by atoms with Crippen molar-refractivity contribution in [3.63, 3.8) is 0 Å². The minimum Gasteiger partial charge on any atom is -0.323 e. The SMILES string of the molecule is Cc1ccc(C(=O)Nc2nc(C(C)C)cs2)c(NN)c1. The largest absolute Gasteiger partial charge is 0.323 e. The summed E-state index contributed by atoms with van der Waals surface area (Å²) in [5, 5.41) is 5.36. The van der Waals surface area contributed by atoms with Crippen LogP contribution in [0.3, 0.4) is 0 Å². The lowest BCUT2D eigenvalue weighted by Gasteiger charge is -2.09. The van der Waals surface area contributed by atoms with E-state index in [1.807, 2.05) is 24.4 Å². The maximum Gasteiger partial charge on any atom is 0.259 e. The molecule has 0 spiro atoms. The van der Waals surface area contributed by atoms with Gasteiger partial charge in [-0.2, -0.15) is 0 Å². The van der Waals surface area contributed by atoms with Crippen molar-refractivity contribution < 1.29 is 4.79 Å². The van der Waals surface area contributed by atoms with E-state index < -0.39 is 0 Å². The Hall–Kier alpha value is -1.92. The van der Waals surface area contributed by atoms with Crippen molar-refractivity contribution in [1.29, 1.82) is 0 Å². The van der Waals surface area contributed by atoms with Crippen LogP contribution in [0, 0.1) is 6.92 Å². The fraction of sp³-hybridized carbons (Fsp3) is 0.286. The van der Waals surface area contributed by atoms with E-state index in [0.29, 0.717) is 22.3 Å². The van der Waals surface area contributed by atoms with Gasteiger partial charge in [0, 0.05) is 5.38 Å². The van der Waals surface area contributed by atoms with Crippen LogP contribution in [0.25, 0.3) is 0 Å². The Morgan fingerprint density at radius 2 is 2.15 bits per heavy atom. The molecule has 2 rings (SSSR count). The Morgan fingerprint density at radius 1 is 1.40 bits per heavy atom. The van der Waals surface area contributed by atoms with Crippen molar-refractivity contribution in [1.82, 2.24) is 4.98 Å². The average Bonchev–Trinajstić information content (AvgIpc) is 2.87. The van der Waals surface area contributed by atoms with E-state index in [-0.39, 0.29) is 5.91 Å². The number of anilines is 2. The van der Waals surface area contributed by atoms with Gasteiger partial charge in [-0.15, -0.1) is 11.3 Å². The lowest BCUT2D eigenvalue weighted by atomic mass is 10.1. The van der Waals surface area contributed by atoms with Crippen molar-refractivity contribution in [3.05, 3.63) is 40.4 Å². The normalized spacial score (nSPS) is 10.7. The lowest BCUT2D eigenvalue weighted by molar-refractivity contribution is 0.102. The van der Waals surface area contributed by atoms with Crippen LogP contribution >= 0.6 is 11.3 Å². The van der Waals surface area contributed by atoms with Crippen molar-refractivity contribution >= 4 is 28.1 Å². The summed E-state index contributed by atoms with van der Waals surface area (Å²) < 4.78 is 0. The molecule has 1 heterocycles. The molecule has 1 aromatic carbocycles. The number of carbonyl (C=O) groups is 1. The fourth-order valence-electron chi connectivity index (χ4n) is 1.75. The minimum atomic E-state index is -0.220. The number of aryl methyl sites for hydroxylation is 1. The van der Waals surface area contributed by atoms with Gasteiger partial charge >= 0.3 is 0 Å². The number of nitrogens with two attached hydrogens (primary N) is 1. The molecule has 1 amide bonds. The summed E-state index contributed by atoms with van der Waals surface area (Å²) in [4.78, 5) is 16.6. The van der Waals surface area contributed by atoms with E-state index in [0.717, 1.165) is 11.3 Å². The predicted molar refractivity (Wildman–Crippen MR) is 83.1 cm³/mol. The number of benzene rings is 1. The lowest BCUT2D eigenvalue weighted by Crippen LogP contribution is -2.17. The molecule has 0 saturated carbocycles. The van der Waals surface area contributed by atoms with Crippen molar-refractivity contribution in [2.45, 2.75) is 26.7 Å². The first-order valence-electron chi connectivity index (χ1n) is 6.35. The van der Waals surface area contributed by atoms with E-state index in [1.54, 1.807) is 6.07 Å². The molecule has 0 atom stereocenters. The Balaban J connectivity index is 2.19. The number of nitrogens with one attached hydrogen (secondary N) is 2. The average molecular weight is 290 g/mol. The molecule has 5 nitrogen and oxygen atoms in total. The van der Waals surface area contributed by atoms with Crippen LogP contribution in [0.1, 0.15) is 41.4 Å². The third-order valence-electron chi connectivity index (χ3n) is 2.91. The van der Waals surface area contributed by atoms with Gasteiger partial charge in [0.05, 0.1) is 16.9 Å². The van der Waals surface area contributed by atoms with E-state index in [1.165, 1.54) is 11.3 Å². The second-order valence-electron chi connectivity index (χ2n) is 4.88. The summed E-state index contributed by atoms with van der Waals surface area (Å²) in [5.41, 5.74) is 5.66. The fourth-order valence-corrected chi connectivity index (χ4v) is 2.62. The Kier molecular flexibility index (Phi) is 4.36. The quantitative estimate of drug-likeness (QED) is 0.597. The first kappa shape index (κ1) is 14.5. The highest BCUT2D eigenvalue weighted by Gasteiger charge is 2.13. The highest BCUT2D eigenvalue weighted by Crippen LogP contribution is 2.23. The van der Waals surface area contributed by atoms with Gasteiger partial charge in [0.1, 0.15) is 0 Å². The zero-order valence-electron chi connectivity index (χ0n) is 11.7. The van der Waals surface area contributed by atoms with Crippen molar-refractivity contribution in [2.75, 3.05) is 10.7 Å². The molecule has 0 unspecified atom stereocenters. The molecule has 0 saturated heterocycles. The zero-order chi connectivity index (χ0) is 14.7. The van der Waals surface area contributed by atoms with Crippen molar-refractivity contribution in [2.24, 2.45) is 5.84 Å². The van der Waals surface area contributed by atoms with Crippen LogP contribution in [0.2, 0.25) is 0 Å². The van der Waals surface area contributed by atoms with Gasteiger partial charge in [-0.05, 0) is 30.5 Å². The molecule has 0 aliphatic heterocycles. The van der Waals surface area contributed by atoms with Gasteiger partial charge in [-0.1, -0.05) is 19.9 Å². The molecule has 0 aliphatic carbocycles. The number of nitrogens with zero attached hydrogens (tertiary/aromatic N) is 1. The summed E-state index contributed by atoms with van der Waals surface area (Å²) in [6.45, 7) is 6.08. The zero-order valence-corrected chi connectivity index (χ0v) is 12.5. The Bertz CT molecular complexity index is 621. The number of hydrazine groups is 1. The van der Waals surface area contributed by atoms with Gasteiger partial charge in [0.15, 0.2) is 5.13 Å². The van der Waals surface area contributed by atoms with Gasteiger partial charge in [-0.25, -0.2) is 4.98 Å². The molecular formula is C14H18N4OS. The molecule has 0 aliphatic rings. The molecule has 0 bridgehead atoms. The topological polar surface area (TPSA) is 80.0 Å². The third-order valence-corrected chi connectivity index (χ3v) is 3.69. The molecule has 0 radical (unpaired) electrons. The smallest absolute Gasteiger partial charge is 0.259 e. The first-order chi connectivity index (χ1) is 9.51. The highest BCUT2D eigenvalue weighted by molar-refractivity contribution is 7.14. The van der Waals surface area contributed by atoms with Crippen LogP contribution in [0.15, 0.2) is 23.6 Å². The molecule has 6 heteroatoms. The molecule has 20 heavy (non-hydrogen) atoms. The number of rotatable bonds is 4. The minimum absolute atomic E-state index is 0.220. The maximum absolute atomic E-state index is 12.2. The van der Waals surface area contributed by atoms with Gasteiger partial charge in [0.25, 0.3) is 5.91 Å². The Morgan fingerprint density at radius 3 is 2.75 bits per heavy atom. The van der Waals surface area contributed by atoms with Crippen molar-refractivity contribution in [3.8, 4) is 0 Å². The molecule has 0 fully saturated rings. The van der Waals surface area contributed by atoms with Crippen LogP contribution in [0.4, 0.5) is 10.8 Å². The van der Waals surface area contributed by atoms with E-state index >= 15 is 0 Å². The van der Waals surface area contributed by atoms with Crippen LogP contribution in [-0.2, 0) is 0 Å². The number of hydrogen-bond acceptors (Lipinski definition) is 5.